The first kappa shape index (κ1) is 15.1. The maximum atomic E-state index is 12.5. The quantitative estimate of drug-likeness (QED) is 0.515. The summed E-state index contributed by atoms with van der Waals surface area (Å²) in [5.41, 5.74) is 0.276. The monoisotopic (exact) mass is 330 g/mol. The maximum absolute atomic E-state index is 12.5. The number of Topliss-reactive ketones (excluding diaryl/α,β-unsaturated/α-hetero) is 1. The molecule has 0 unspecified atom stereocenters. The van der Waals surface area contributed by atoms with Gasteiger partial charge in [-0.3, -0.25) is 4.79 Å². The van der Waals surface area contributed by atoms with E-state index in [9.17, 15) is 9.59 Å². The van der Waals surface area contributed by atoms with Crippen molar-refractivity contribution >= 4 is 23.4 Å². The summed E-state index contributed by atoms with van der Waals surface area (Å²) in [6.45, 7) is 0. The summed E-state index contributed by atoms with van der Waals surface area (Å²) < 4.78 is 15.6. The molecule has 3 aromatic rings. The van der Waals surface area contributed by atoms with Crippen molar-refractivity contribution in [2.45, 2.75) is 6.10 Å². The number of carbonyl (C=O) groups is 2. The molecule has 5 nitrogen and oxygen atoms in total. The Balaban J connectivity index is 1.86. The van der Waals surface area contributed by atoms with Crippen LogP contribution in [-0.2, 0) is 4.74 Å². The smallest absolute Gasteiger partial charge is 0.339 e. The summed E-state index contributed by atoms with van der Waals surface area (Å²) in [6, 6.07) is 12.4. The van der Waals surface area contributed by atoms with Gasteiger partial charge in [0.05, 0.1) is 18.1 Å². The minimum atomic E-state index is -1.22. The fourth-order valence-corrected chi connectivity index (χ4v) is 2.12. The molecule has 0 saturated heterocycles. The number of furan rings is 2. The molecular weight excluding hydrogens is 320 g/mol. The minimum Gasteiger partial charge on any atom is -0.465 e. The van der Waals surface area contributed by atoms with E-state index in [1.165, 1.54) is 30.7 Å². The first-order chi connectivity index (χ1) is 11.1. The van der Waals surface area contributed by atoms with Crippen LogP contribution in [0.4, 0.5) is 0 Å². The molecule has 0 aliphatic rings. The molecule has 3 rings (SSSR count). The second-order valence-electron chi connectivity index (χ2n) is 4.65. The van der Waals surface area contributed by atoms with Crippen LogP contribution >= 0.6 is 11.6 Å². The van der Waals surface area contributed by atoms with Gasteiger partial charge in [0.2, 0.25) is 11.9 Å². The van der Waals surface area contributed by atoms with Crippen LogP contribution in [-0.4, -0.2) is 11.8 Å². The van der Waals surface area contributed by atoms with Gasteiger partial charge in [-0.2, -0.15) is 0 Å². The first-order valence-electron chi connectivity index (χ1n) is 6.73. The third-order valence-corrected chi connectivity index (χ3v) is 3.36. The van der Waals surface area contributed by atoms with Crippen molar-refractivity contribution in [1.29, 1.82) is 0 Å². The molecule has 2 heterocycles. The summed E-state index contributed by atoms with van der Waals surface area (Å²) in [6.07, 6.45) is 1.54. The van der Waals surface area contributed by atoms with Crippen LogP contribution in [0.5, 0.6) is 0 Å². The molecule has 0 N–H and O–H groups in total. The van der Waals surface area contributed by atoms with Crippen molar-refractivity contribution < 1.29 is 23.2 Å². The Labute approximate surface area is 136 Å². The molecule has 1 atom stereocenters. The number of rotatable bonds is 5. The van der Waals surface area contributed by atoms with Gasteiger partial charge in [-0.1, -0.05) is 11.6 Å². The highest BCUT2D eigenvalue weighted by Gasteiger charge is 2.30. The SMILES string of the molecule is O=C(O[C@@H](C(=O)c1ccco1)c1ccco1)c1ccc(Cl)cc1. The molecule has 116 valence electrons. The number of ether oxygens (including phenoxy) is 1. The minimum absolute atomic E-state index is 0.0790. The summed E-state index contributed by atoms with van der Waals surface area (Å²) in [4.78, 5) is 24.7. The van der Waals surface area contributed by atoms with Crippen LogP contribution in [0, 0.1) is 0 Å². The van der Waals surface area contributed by atoms with E-state index in [4.69, 9.17) is 25.2 Å². The predicted octanol–water partition coefficient (Wildman–Crippen LogP) is 4.31. The van der Waals surface area contributed by atoms with Gasteiger partial charge in [-0.15, -0.1) is 0 Å². The average Bonchev–Trinajstić information content (AvgIpc) is 3.25. The lowest BCUT2D eigenvalue weighted by Gasteiger charge is -2.13. The summed E-state index contributed by atoms with van der Waals surface area (Å²) in [7, 11) is 0. The Morgan fingerprint density at radius 2 is 1.65 bits per heavy atom. The molecule has 6 heteroatoms. The van der Waals surface area contributed by atoms with Gasteiger partial charge in [-0.05, 0) is 48.5 Å². The van der Waals surface area contributed by atoms with E-state index >= 15 is 0 Å². The average molecular weight is 331 g/mol. The molecule has 0 saturated carbocycles. The van der Waals surface area contributed by atoms with E-state index in [0.29, 0.717) is 5.02 Å². The fraction of sp³-hybridized carbons (Fsp3) is 0.0588. The van der Waals surface area contributed by atoms with Gasteiger partial charge < -0.3 is 13.6 Å². The summed E-state index contributed by atoms with van der Waals surface area (Å²) in [5.74, 6) is -0.876. The second kappa shape index (κ2) is 6.54. The van der Waals surface area contributed by atoms with E-state index in [2.05, 4.69) is 0 Å². The number of hydrogen-bond donors (Lipinski definition) is 0. The highest BCUT2D eigenvalue weighted by molar-refractivity contribution is 6.30. The van der Waals surface area contributed by atoms with Gasteiger partial charge in [0.25, 0.3) is 0 Å². The Hall–Kier alpha value is -2.79. The van der Waals surface area contributed by atoms with Crippen LogP contribution < -0.4 is 0 Å². The van der Waals surface area contributed by atoms with E-state index in [1.54, 1.807) is 30.3 Å². The van der Waals surface area contributed by atoms with Crippen molar-refractivity contribution in [2.24, 2.45) is 0 Å². The molecule has 0 amide bonds. The lowest BCUT2D eigenvalue weighted by atomic mass is 10.1. The summed E-state index contributed by atoms with van der Waals surface area (Å²) >= 11 is 5.79. The first-order valence-corrected chi connectivity index (χ1v) is 7.10. The number of benzene rings is 1. The zero-order valence-corrected chi connectivity index (χ0v) is 12.5. The molecule has 0 aliphatic carbocycles. The Bertz CT molecular complexity index is 788. The topological polar surface area (TPSA) is 69.7 Å². The van der Waals surface area contributed by atoms with Crippen molar-refractivity contribution in [2.75, 3.05) is 0 Å². The number of hydrogen-bond acceptors (Lipinski definition) is 5. The highest BCUT2D eigenvalue weighted by Crippen LogP contribution is 2.25. The van der Waals surface area contributed by atoms with Crippen molar-refractivity contribution in [1.82, 2.24) is 0 Å². The number of esters is 1. The van der Waals surface area contributed by atoms with Crippen molar-refractivity contribution in [3.05, 3.63) is 83.2 Å². The predicted molar refractivity (Wildman–Crippen MR) is 81.4 cm³/mol. The highest BCUT2D eigenvalue weighted by atomic mass is 35.5. The summed E-state index contributed by atoms with van der Waals surface area (Å²) in [5, 5.41) is 0.496. The molecule has 0 bridgehead atoms. The Morgan fingerprint density at radius 1 is 0.957 bits per heavy atom. The van der Waals surface area contributed by atoms with Crippen molar-refractivity contribution in [3.63, 3.8) is 0 Å². The van der Waals surface area contributed by atoms with Gasteiger partial charge >= 0.3 is 5.97 Å². The zero-order valence-electron chi connectivity index (χ0n) is 11.8. The van der Waals surface area contributed by atoms with Crippen LogP contribution in [0.25, 0.3) is 0 Å². The molecule has 0 spiro atoms. The van der Waals surface area contributed by atoms with Crippen LogP contribution in [0.2, 0.25) is 5.02 Å². The third-order valence-electron chi connectivity index (χ3n) is 3.11. The standard InChI is InChI=1S/C17H11ClO5/c18-12-7-5-11(6-8-12)17(20)23-16(14-4-2-10-22-14)15(19)13-3-1-9-21-13/h1-10,16H/t16-/m1/s1. The van der Waals surface area contributed by atoms with Gasteiger partial charge in [-0.25, -0.2) is 4.79 Å². The number of carbonyl (C=O) groups excluding carboxylic acids is 2. The van der Waals surface area contributed by atoms with Crippen LogP contribution in [0.15, 0.2) is 69.9 Å². The van der Waals surface area contributed by atoms with Crippen LogP contribution in [0.3, 0.4) is 0 Å². The third kappa shape index (κ3) is 3.35. The molecule has 0 fully saturated rings. The molecule has 1 aromatic carbocycles. The molecular formula is C17H11ClO5. The molecule has 2 aromatic heterocycles. The maximum Gasteiger partial charge on any atom is 0.339 e. The van der Waals surface area contributed by atoms with E-state index in [1.807, 2.05) is 0 Å². The van der Waals surface area contributed by atoms with E-state index in [-0.39, 0.29) is 17.1 Å². The van der Waals surface area contributed by atoms with E-state index < -0.39 is 17.9 Å². The fourth-order valence-electron chi connectivity index (χ4n) is 1.99. The van der Waals surface area contributed by atoms with Crippen molar-refractivity contribution in [3.8, 4) is 0 Å². The molecule has 23 heavy (non-hydrogen) atoms. The molecule has 0 aliphatic heterocycles. The van der Waals surface area contributed by atoms with Gasteiger partial charge in [0.1, 0.15) is 0 Å². The lowest BCUT2D eigenvalue weighted by Crippen LogP contribution is -2.19. The van der Waals surface area contributed by atoms with Gasteiger partial charge in [0.15, 0.2) is 11.5 Å². The Morgan fingerprint density at radius 3 is 2.26 bits per heavy atom. The lowest BCUT2D eigenvalue weighted by molar-refractivity contribution is 0.0227. The normalized spacial score (nSPS) is 11.9. The number of halogens is 1. The number of ketones is 1. The zero-order chi connectivity index (χ0) is 16.2. The second-order valence-corrected chi connectivity index (χ2v) is 5.09. The molecule has 0 radical (unpaired) electrons. The Kier molecular flexibility index (Phi) is 4.30. The van der Waals surface area contributed by atoms with E-state index in [0.717, 1.165) is 0 Å². The van der Waals surface area contributed by atoms with Gasteiger partial charge in [0, 0.05) is 5.02 Å². The van der Waals surface area contributed by atoms with Crippen LogP contribution in [0.1, 0.15) is 32.8 Å². The largest absolute Gasteiger partial charge is 0.465 e.